The molecule has 0 radical (unpaired) electrons. The highest BCUT2D eigenvalue weighted by molar-refractivity contribution is 9.10. The Morgan fingerprint density at radius 2 is 1.85 bits per heavy atom. The van der Waals surface area contributed by atoms with Crippen LogP contribution in [0.5, 0.6) is 5.75 Å². The predicted molar refractivity (Wildman–Crippen MR) is 74.7 cm³/mol. The molecule has 2 rings (SSSR count). The Labute approximate surface area is 123 Å². The molecule has 20 heavy (non-hydrogen) atoms. The number of hydrogen-bond acceptors (Lipinski definition) is 2. The minimum atomic E-state index is -0.468. The first kappa shape index (κ1) is 14.7. The van der Waals surface area contributed by atoms with Crippen molar-refractivity contribution in [2.45, 2.75) is 6.42 Å². The standard InChI is InChI=1S/C15H11BrF2O2/c16-13-6-5-12(8-15(13)18)20-9-11(19)7-10-3-1-2-4-14(10)17/h1-6,8H,7,9H2. The van der Waals surface area contributed by atoms with E-state index in [4.69, 9.17) is 4.74 Å². The molecule has 0 aliphatic carbocycles. The molecule has 0 fully saturated rings. The maximum Gasteiger partial charge on any atom is 0.174 e. The zero-order chi connectivity index (χ0) is 14.5. The van der Waals surface area contributed by atoms with Gasteiger partial charge < -0.3 is 4.74 Å². The quantitative estimate of drug-likeness (QED) is 0.824. The molecule has 0 saturated carbocycles. The van der Waals surface area contributed by atoms with E-state index in [-0.39, 0.29) is 24.6 Å². The van der Waals surface area contributed by atoms with Crippen molar-refractivity contribution in [1.82, 2.24) is 0 Å². The van der Waals surface area contributed by atoms with E-state index < -0.39 is 11.6 Å². The van der Waals surface area contributed by atoms with E-state index in [1.807, 2.05) is 0 Å². The van der Waals surface area contributed by atoms with E-state index in [2.05, 4.69) is 15.9 Å². The number of carbonyl (C=O) groups excluding carboxylic acids is 1. The van der Waals surface area contributed by atoms with Gasteiger partial charge in [0.15, 0.2) is 5.78 Å². The summed E-state index contributed by atoms with van der Waals surface area (Å²) in [6.45, 7) is -0.227. The summed E-state index contributed by atoms with van der Waals surface area (Å²) in [7, 11) is 0. The number of Topliss-reactive ketones (excluding diaryl/α,β-unsaturated/α-hetero) is 1. The van der Waals surface area contributed by atoms with Crippen molar-refractivity contribution >= 4 is 21.7 Å². The maximum atomic E-state index is 13.4. The average Bonchev–Trinajstić information content (AvgIpc) is 2.43. The van der Waals surface area contributed by atoms with Gasteiger partial charge in [-0.15, -0.1) is 0 Å². The Kier molecular flexibility index (Phi) is 4.84. The molecule has 0 saturated heterocycles. The van der Waals surface area contributed by atoms with Gasteiger partial charge in [-0.1, -0.05) is 18.2 Å². The molecule has 2 aromatic rings. The van der Waals surface area contributed by atoms with Crippen molar-refractivity contribution in [3.63, 3.8) is 0 Å². The van der Waals surface area contributed by atoms with Gasteiger partial charge in [0.1, 0.15) is 24.0 Å². The maximum absolute atomic E-state index is 13.4. The Morgan fingerprint density at radius 1 is 1.10 bits per heavy atom. The van der Waals surface area contributed by atoms with E-state index >= 15 is 0 Å². The lowest BCUT2D eigenvalue weighted by Crippen LogP contribution is -2.14. The lowest BCUT2D eigenvalue weighted by Gasteiger charge is -2.06. The minimum absolute atomic E-state index is 0.0499. The molecule has 0 aliphatic rings. The summed E-state index contributed by atoms with van der Waals surface area (Å²) in [6, 6.07) is 10.3. The number of hydrogen-bond donors (Lipinski definition) is 0. The normalized spacial score (nSPS) is 10.3. The summed E-state index contributed by atoms with van der Waals surface area (Å²) < 4.78 is 32.1. The van der Waals surface area contributed by atoms with Crippen molar-refractivity contribution in [3.8, 4) is 5.75 Å². The highest BCUT2D eigenvalue weighted by Crippen LogP contribution is 2.20. The van der Waals surface area contributed by atoms with Gasteiger partial charge in [-0.3, -0.25) is 4.79 Å². The largest absolute Gasteiger partial charge is 0.486 e. The number of carbonyl (C=O) groups is 1. The third-order valence-corrected chi connectivity index (χ3v) is 3.28. The second kappa shape index (κ2) is 6.61. The van der Waals surface area contributed by atoms with E-state index in [9.17, 15) is 13.6 Å². The van der Waals surface area contributed by atoms with Crippen LogP contribution in [0.3, 0.4) is 0 Å². The summed E-state index contributed by atoms with van der Waals surface area (Å²) >= 11 is 3.02. The molecule has 0 spiro atoms. The van der Waals surface area contributed by atoms with Crippen LogP contribution in [0.2, 0.25) is 0 Å². The highest BCUT2D eigenvalue weighted by Gasteiger charge is 2.09. The monoisotopic (exact) mass is 340 g/mol. The fourth-order valence-corrected chi connectivity index (χ4v) is 1.88. The van der Waals surface area contributed by atoms with Gasteiger partial charge in [0.2, 0.25) is 0 Å². The fourth-order valence-electron chi connectivity index (χ4n) is 1.64. The Balaban J connectivity index is 1.92. The zero-order valence-electron chi connectivity index (χ0n) is 10.4. The van der Waals surface area contributed by atoms with Gasteiger partial charge in [-0.25, -0.2) is 8.78 Å². The topological polar surface area (TPSA) is 26.3 Å². The molecule has 0 bridgehead atoms. The molecule has 104 valence electrons. The fraction of sp³-hybridized carbons (Fsp3) is 0.133. The molecule has 0 aliphatic heterocycles. The lowest BCUT2D eigenvalue weighted by molar-refractivity contribution is -0.120. The Hall–Kier alpha value is -1.75. The molecule has 0 N–H and O–H groups in total. The molecular formula is C15H11BrF2O2. The molecule has 0 amide bonds. The summed E-state index contributed by atoms with van der Waals surface area (Å²) in [6.07, 6.45) is -0.0499. The van der Waals surface area contributed by atoms with Gasteiger partial charge in [0.25, 0.3) is 0 Å². The van der Waals surface area contributed by atoms with Gasteiger partial charge in [-0.05, 0) is 39.7 Å². The first-order valence-corrected chi connectivity index (χ1v) is 6.68. The first-order chi connectivity index (χ1) is 9.56. The smallest absolute Gasteiger partial charge is 0.174 e. The summed E-state index contributed by atoms with van der Waals surface area (Å²) in [5.74, 6) is -0.911. The summed E-state index contributed by atoms with van der Waals surface area (Å²) in [5, 5.41) is 0. The highest BCUT2D eigenvalue weighted by atomic mass is 79.9. The van der Waals surface area contributed by atoms with E-state index in [1.165, 1.54) is 18.2 Å². The van der Waals surface area contributed by atoms with E-state index in [1.54, 1.807) is 24.3 Å². The van der Waals surface area contributed by atoms with E-state index in [0.717, 1.165) is 0 Å². The number of halogens is 3. The third kappa shape index (κ3) is 3.87. The third-order valence-electron chi connectivity index (χ3n) is 2.64. The van der Waals surface area contributed by atoms with Crippen molar-refractivity contribution in [2.24, 2.45) is 0 Å². The van der Waals surface area contributed by atoms with Crippen LogP contribution in [-0.2, 0) is 11.2 Å². The van der Waals surface area contributed by atoms with Crippen LogP contribution in [-0.4, -0.2) is 12.4 Å². The van der Waals surface area contributed by atoms with Crippen LogP contribution in [0.4, 0.5) is 8.78 Å². The summed E-state index contributed by atoms with van der Waals surface area (Å²) in [4.78, 5) is 11.7. The number of ketones is 1. The van der Waals surface area contributed by atoms with Crippen LogP contribution in [0, 0.1) is 11.6 Å². The second-order valence-corrected chi connectivity index (χ2v) is 5.03. The lowest BCUT2D eigenvalue weighted by atomic mass is 10.1. The van der Waals surface area contributed by atoms with Crippen LogP contribution >= 0.6 is 15.9 Å². The van der Waals surface area contributed by atoms with Gasteiger partial charge in [-0.2, -0.15) is 0 Å². The second-order valence-electron chi connectivity index (χ2n) is 4.17. The molecule has 0 aromatic heterocycles. The molecule has 0 unspecified atom stereocenters. The van der Waals surface area contributed by atoms with Crippen LogP contribution in [0.15, 0.2) is 46.9 Å². The molecule has 0 atom stereocenters. The van der Waals surface area contributed by atoms with Crippen LogP contribution < -0.4 is 4.74 Å². The average molecular weight is 341 g/mol. The number of rotatable bonds is 5. The van der Waals surface area contributed by atoms with Crippen LogP contribution in [0.1, 0.15) is 5.56 Å². The van der Waals surface area contributed by atoms with E-state index in [0.29, 0.717) is 10.0 Å². The van der Waals surface area contributed by atoms with Crippen molar-refractivity contribution < 1.29 is 18.3 Å². The Bertz CT molecular complexity index is 629. The first-order valence-electron chi connectivity index (χ1n) is 5.89. The Morgan fingerprint density at radius 3 is 2.55 bits per heavy atom. The molecule has 2 nitrogen and oxygen atoms in total. The number of benzene rings is 2. The van der Waals surface area contributed by atoms with Crippen molar-refractivity contribution in [2.75, 3.05) is 6.61 Å². The molecular weight excluding hydrogens is 330 g/mol. The van der Waals surface area contributed by atoms with Gasteiger partial charge in [0.05, 0.1) is 4.47 Å². The van der Waals surface area contributed by atoms with Crippen LogP contribution in [0.25, 0.3) is 0 Å². The minimum Gasteiger partial charge on any atom is -0.486 e. The summed E-state index contributed by atoms with van der Waals surface area (Å²) in [5.41, 5.74) is 0.322. The molecule has 0 heterocycles. The molecule has 5 heteroatoms. The zero-order valence-corrected chi connectivity index (χ0v) is 12.0. The molecule has 2 aromatic carbocycles. The van der Waals surface area contributed by atoms with Gasteiger partial charge in [0, 0.05) is 12.5 Å². The van der Waals surface area contributed by atoms with Gasteiger partial charge >= 0.3 is 0 Å². The van der Waals surface area contributed by atoms with Crippen molar-refractivity contribution in [3.05, 3.63) is 64.1 Å². The van der Waals surface area contributed by atoms with Crippen molar-refractivity contribution in [1.29, 1.82) is 0 Å². The SMILES string of the molecule is O=C(COc1ccc(Br)c(F)c1)Cc1ccccc1F. The number of ether oxygens (including phenoxy) is 1. The predicted octanol–water partition coefficient (Wildman–Crippen LogP) is 3.92.